The van der Waals surface area contributed by atoms with Gasteiger partial charge < -0.3 is 9.67 Å². The summed E-state index contributed by atoms with van der Waals surface area (Å²) in [4.78, 5) is 15.2. The van der Waals surface area contributed by atoms with Gasteiger partial charge in [-0.25, -0.2) is 9.78 Å². The Morgan fingerprint density at radius 2 is 2.00 bits per heavy atom. The first-order chi connectivity index (χ1) is 8.59. The van der Waals surface area contributed by atoms with E-state index in [2.05, 4.69) is 9.55 Å². The topological polar surface area (TPSA) is 55.1 Å². The average molecular weight is 240 g/mol. The Balaban J connectivity index is 2.56. The van der Waals surface area contributed by atoms with Crippen molar-refractivity contribution in [2.75, 3.05) is 0 Å². The molecule has 0 unspecified atom stereocenters. The molecule has 4 nitrogen and oxygen atoms in total. The number of aryl methyl sites for hydroxylation is 2. The number of aromatic carboxylic acids is 1. The summed E-state index contributed by atoms with van der Waals surface area (Å²) in [7, 11) is 1.97. The summed E-state index contributed by atoms with van der Waals surface area (Å²) < 4.78 is 2.05. The lowest BCUT2D eigenvalue weighted by Crippen LogP contribution is -2.02. The predicted molar refractivity (Wildman–Crippen MR) is 69.9 cm³/mol. The Morgan fingerprint density at radius 1 is 1.28 bits per heavy atom. The van der Waals surface area contributed by atoms with E-state index in [-0.39, 0.29) is 5.69 Å². The van der Waals surface area contributed by atoms with Crippen molar-refractivity contribution in [3.05, 3.63) is 41.7 Å². The van der Waals surface area contributed by atoms with Crippen LogP contribution in [-0.2, 0) is 7.05 Å². The Hall–Kier alpha value is -2.36. The van der Waals surface area contributed by atoms with Gasteiger partial charge in [0, 0.05) is 23.3 Å². The maximum Gasteiger partial charge on any atom is 0.354 e. The maximum atomic E-state index is 11.1. The van der Waals surface area contributed by atoms with Gasteiger partial charge in [0.05, 0.1) is 11.2 Å². The van der Waals surface area contributed by atoms with Crippen LogP contribution in [-0.4, -0.2) is 20.6 Å². The largest absolute Gasteiger partial charge is 0.477 e. The summed E-state index contributed by atoms with van der Waals surface area (Å²) in [6.45, 7) is 1.84. The van der Waals surface area contributed by atoms with E-state index in [4.69, 9.17) is 5.11 Å². The second-order valence-corrected chi connectivity index (χ2v) is 4.37. The Kier molecular flexibility index (Phi) is 2.13. The zero-order valence-electron chi connectivity index (χ0n) is 10.1. The lowest BCUT2D eigenvalue weighted by molar-refractivity contribution is 0.0690. The molecule has 0 saturated carbocycles. The summed E-state index contributed by atoms with van der Waals surface area (Å²) in [6.07, 6.45) is 0. The van der Waals surface area contributed by atoms with Crippen molar-refractivity contribution in [3.63, 3.8) is 0 Å². The quantitative estimate of drug-likeness (QED) is 0.711. The molecule has 0 aliphatic carbocycles. The number of nitrogens with zero attached hydrogens (tertiary/aromatic N) is 2. The maximum absolute atomic E-state index is 11.1. The third-order valence-corrected chi connectivity index (χ3v) is 3.28. The fourth-order valence-electron chi connectivity index (χ4n) is 2.52. The van der Waals surface area contributed by atoms with Gasteiger partial charge in [-0.15, -0.1) is 0 Å². The van der Waals surface area contributed by atoms with Crippen LogP contribution in [0.25, 0.3) is 21.8 Å². The number of pyridine rings is 1. The summed E-state index contributed by atoms with van der Waals surface area (Å²) >= 11 is 0. The minimum atomic E-state index is -0.993. The summed E-state index contributed by atoms with van der Waals surface area (Å²) in [5.41, 5.74) is 2.90. The first kappa shape index (κ1) is 10.8. The van der Waals surface area contributed by atoms with Crippen molar-refractivity contribution >= 4 is 27.8 Å². The highest BCUT2D eigenvalue weighted by molar-refractivity contribution is 6.10. The third-order valence-electron chi connectivity index (χ3n) is 3.28. The van der Waals surface area contributed by atoms with Gasteiger partial charge in [0.15, 0.2) is 0 Å². The smallest absolute Gasteiger partial charge is 0.354 e. The Morgan fingerprint density at radius 3 is 2.72 bits per heavy atom. The Labute approximate surface area is 103 Å². The minimum absolute atomic E-state index is 0.0938. The number of hydrogen-bond donors (Lipinski definition) is 1. The van der Waals surface area contributed by atoms with Gasteiger partial charge >= 0.3 is 5.97 Å². The molecule has 1 aromatic carbocycles. The number of aromatic nitrogens is 2. The second kappa shape index (κ2) is 3.57. The van der Waals surface area contributed by atoms with E-state index < -0.39 is 5.97 Å². The van der Waals surface area contributed by atoms with Crippen LogP contribution < -0.4 is 0 Å². The van der Waals surface area contributed by atoms with Crippen LogP contribution >= 0.6 is 0 Å². The molecular weight excluding hydrogens is 228 g/mol. The highest BCUT2D eigenvalue weighted by Crippen LogP contribution is 2.29. The number of carbonyl (C=O) groups is 1. The lowest BCUT2D eigenvalue weighted by Gasteiger charge is -2.02. The summed E-state index contributed by atoms with van der Waals surface area (Å²) in [6, 6.07) is 9.60. The molecule has 4 heteroatoms. The van der Waals surface area contributed by atoms with E-state index >= 15 is 0 Å². The molecule has 3 rings (SSSR count). The second-order valence-electron chi connectivity index (χ2n) is 4.37. The van der Waals surface area contributed by atoms with Crippen LogP contribution in [0.15, 0.2) is 30.3 Å². The van der Waals surface area contributed by atoms with Gasteiger partial charge in [-0.2, -0.15) is 0 Å². The van der Waals surface area contributed by atoms with Gasteiger partial charge in [0.25, 0.3) is 0 Å². The van der Waals surface area contributed by atoms with E-state index in [1.54, 1.807) is 6.07 Å². The SMILES string of the molecule is Cc1nc(C(=O)O)cc2c3ccccc3n(C)c12. The minimum Gasteiger partial charge on any atom is -0.477 e. The number of para-hydroxylation sites is 1. The van der Waals surface area contributed by atoms with Crippen molar-refractivity contribution in [2.24, 2.45) is 7.05 Å². The van der Waals surface area contributed by atoms with Gasteiger partial charge in [0.2, 0.25) is 0 Å². The standard InChI is InChI=1S/C14H12N2O2/c1-8-13-10(7-11(15-8)14(17)18)9-5-3-4-6-12(9)16(13)2/h3-7H,1-2H3,(H,17,18). The predicted octanol–water partition coefficient (Wildman–Crippen LogP) is 2.73. The first-order valence-electron chi connectivity index (χ1n) is 5.67. The number of benzene rings is 1. The van der Waals surface area contributed by atoms with Gasteiger partial charge in [0.1, 0.15) is 5.69 Å². The zero-order valence-corrected chi connectivity index (χ0v) is 10.1. The van der Waals surface area contributed by atoms with Crippen LogP contribution in [0.5, 0.6) is 0 Å². The van der Waals surface area contributed by atoms with Crippen LogP contribution in [0.4, 0.5) is 0 Å². The molecule has 0 spiro atoms. The fourth-order valence-corrected chi connectivity index (χ4v) is 2.52. The molecule has 0 radical (unpaired) electrons. The number of fused-ring (bicyclic) bond motifs is 3. The molecular formula is C14H12N2O2. The molecule has 1 N–H and O–H groups in total. The van der Waals surface area contributed by atoms with Gasteiger partial charge in [-0.05, 0) is 19.1 Å². The number of carboxylic acids is 1. The summed E-state index contributed by atoms with van der Waals surface area (Å²) in [5, 5.41) is 11.1. The first-order valence-corrected chi connectivity index (χ1v) is 5.67. The molecule has 18 heavy (non-hydrogen) atoms. The Bertz CT molecular complexity index is 787. The van der Waals surface area contributed by atoms with Crippen LogP contribution in [0, 0.1) is 6.92 Å². The number of hydrogen-bond acceptors (Lipinski definition) is 2. The van der Waals surface area contributed by atoms with E-state index in [9.17, 15) is 4.79 Å². The molecule has 3 aromatic rings. The molecule has 0 aliphatic heterocycles. The molecule has 0 fully saturated rings. The van der Waals surface area contributed by atoms with E-state index in [0.717, 1.165) is 27.5 Å². The average Bonchev–Trinajstić information content (AvgIpc) is 2.64. The molecule has 0 saturated heterocycles. The molecule has 2 heterocycles. The van der Waals surface area contributed by atoms with E-state index in [0.29, 0.717) is 0 Å². The van der Waals surface area contributed by atoms with Gasteiger partial charge in [-0.1, -0.05) is 18.2 Å². The van der Waals surface area contributed by atoms with E-state index in [1.165, 1.54) is 0 Å². The molecule has 0 amide bonds. The van der Waals surface area contributed by atoms with Crippen molar-refractivity contribution in [1.29, 1.82) is 0 Å². The fraction of sp³-hybridized carbons (Fsp3) is 0.143. The van der Waals surface area contributed by atoms with Crippen molar-refractivity contribution in [2.45, 2.75) is 6.92 Å². The molecule has 90 valence electrons. The zero-order chi connectivity index (χ0) is 12.9. The number of rotatable bonds is 1. The van der Waals surface area contributed by atoms with Gasteiger partial charge in [-0.3, -0.25) is 0 Å². The van der Waals surface area contributed by atoms with Crippen molar-refractivity contribution < 1.29 is 9.90 Å². The van der Waals surface area contributed by atoms with E-state index in [1.807, 2.05) is 38.2 Å². The molecule has 2 aromatic heterocycles. The number of carboxylic acid groups (broad SMARTS) is 1. The lowest BCUT2D eigenvalue weighted by atomic mass is 10.1. The highest BCUT2D eigenvalue weighted by atomic mass is 16.4. The highest BCUT2D eigenvalue weighted by Gasteiger charge is 2.14. The molecule has 0 aliphatic rings. The third kappa shape index (κ3) is 1.32. The van der Waals surface area contributed by atoms with Crippen molar-refractivity contribution in [1.82, 2.24) is 9.55 Å². The molecule has 0 atom stereocenters. The van der Waals surface area contributed by atoms with Crippen molar-refractivity contribution in [3.8, 4) is 0 Å². The van der Waals surface area contributed by atoms with Crippen LogP contribution in [0.3, 0.4) is 0 Å². The summed E-state index contributed by atoms with van der Waals surface area (Å²) in [5.74, 6) is -0.993. The van der Waals surface area contributed by atoms with Crippen LogP contribution in [0.2, 0.25) is 0 Å². The normalized spacial score (nSPS) is 11.2. The molecule has 0 bridgehead atoms. The van der Waals surface area contributed by atoms with Crippen LogP contribution in [0.1, 0.15) is 16.2 Å². The monoisotopic (exact) mass is 240 g/mol.